The number of hydrogen-bond acceptors (Lipinski definition) is 6. The summed E-state index contributed by atoms with van der Waals surface area (Å²) in [7, 11) is 0. The zero-order chi connectivity index (χ0) is 24.7. The molecule has 0 aliphatic heterocycles. The third kappa shape index (κ3) is 9.01. The number of carbonyl (C=O) groups is 6. The lowest BCUT2D eigenvalue weighted by molar-refractivity contribution is -0.137. The van der Waals surface area contributed by atoms with Crippen LogP contribution in [0.3, 0.4) is 0 Å². The summed E-state index contributed by atoms with van der Waals surface area (Å²) < 4.78 is 0. The summed E-state index contributed by atoms with van der Waals surface area (Å²) in [6, 6.07) is -2.82. The van der Waals surface area contributed by atoms with Gasteiger partial charge in [-0.2, -0.15) is 0 Å². The second-order valence-corrected chi connectivity index (χ2v) is 8.44. The highest BCUT2D eigenvalue weighted by molar-refractivity contribution is 5.98. The number of nitrogens with two attached hydrogens (primary N) is 1. The van der Waals surface area contributed by atoms with Crippen LogP contribution in [0.2, 0.25) is 0 Å². The molecule has 7 N–H and O–H groups in total. The Labute approximate surface area is 181 Å². The Balaban J connectivity index is 4.98. The van der Waals surface area contributed by atoms with Gasteiger partial charge in [-0.15, -0.1) is 0 Å². The van der Waals surface area contributed by atoms with Crippen molar-refractivity contribution in [2.45, 2.75) is 84.6 Å². The Hall–Kier alpha value is -3.18. The van der Waals surface area contributed by atoms with Crippen LogP contribution in [0.1, 0.15) is 55.4 Å². The minimum absolute atomic E-state index is 0.396. The lowest BCUT2D eigenvalue weighted by Crippen LogP contribution is -2.63. The zero-order valence-corrected chi connectivity index (χ0v) is 19.3. The monoisotopic (exact) mass is 442 g/mol. The van der Waals surface area contributed by atoms with Crippen molar-refractivity contribution in [2.24, 2.45) is 5.73 Å². The maximum absolute atomic E-state index is 12.6. The van der Waals surface area contributed by atoms with Gasteiger partial charge in [0.15, 0.2) is 0 Å². The minimum atomic E-state index is -1.39. The molecule has 0 radical (unpaired) electrons. The predicted octanol–water partition coefficient (Wildman–Crippen LogP) is -2.20. The maximum atomic E-state index is 12.6. The van der Waals surface area contributed by atoms with Crippen LogP contribution in [0, 0.1) is 0 Å². The molecule has 0 fully saturated rings. The summed E-state index contributed by atoms with van der Waals surface area (Å²) in [4.78, 5) is 71.6. The number of nitrogens with one attached hydrogen (secondary N) is 5. The smallest absolute Gasteiger partial charge is 0.245 e. The molecule has 3 atom stereocenters. The van der Waals surface area contributed by atoms with Crippen molar-refractivity contribution in [3.05, 3.63) is 0 Å². The van der Waals surface area contributed by atoms with Gasteiger partial charge in [-0.1, -0.05) is 0 Å². The number of carbonyl (C=O) groups excluding carboxylic acids is 6. The Bertz CT molecular complexity index is 748. The van der Waals surface area contributed by atoms with Crippen LogP contribution in [0.25, 0.3) is 0 Å². The summed E-state index contributed by atoms with van der Waals surface area (Å²) in [5.41, 5.74) is 2.33. The van der Waals surface area contributed by atoms with E-state index in [1.54, 1.807) is 0 Å². The molecule has 0 saturated carbocycles. The molecule has 0 bridgehead atoms. The molecule has 0 heterocycles. The van der Waals surface area contributed by atoms with Crippen molar-refractivity contribution in [3.8, 4) is 0 Å². The lowest BCUT2D eigenvalue weighted by Gasteiger charge is -2.30. The van der Waals surface area contributed by atoms with Gasteiger partial charge in [0.1, 0.15) is 29.2 Å². The molecular weight excluding hydrogens is 408 g/mol. The normalized spacial score (nSPS) is 14.3. The Morgan fingerprint density at radius 3 is 1.29 bits per heavy atom. The van der Waals surface area contributed by atoms with E-state index in [4.69, 9.17) is 5.73 Å². The van der Waals surface area contributed by atoms with E-state index in [9.17, 15) is 28.8 Å². The highest BCUT2D eigenvalue weighted by Crippen LogP contribution is 2.06. The maximum Gasteiger partial charge on any atom is 0.245 e. The van der Waals surface area contributed by atoms with E-state index >= 15 is 0 Å². The molecule has 0 aliphatic rings. The summed E-state index contributed by atoms with van der Waals surface area (Å²) >= 11 is 0. The molecule has 176 valence electrons. The summed E-state index contributed by atoms with van der Waals surface area (Å²) in [5.74, 6) is -3.64. The van der Waals surface area contributed by atoms with Gasteiger partial charge in [0.25, 0.3) is 0 Å². The van der Waals surface area contributed by atoms with Crippen LogP contribution in [0.4, 0.5) is 0 Å². The Kier molecular flexibility index (Phi) is 9.63. The Morgan fingerprint density at radius 2 is 0.968 bits per heavy atom. The number of rotatable bonds is 10. The molecule has 31 heavy (non-hydrogen) atoms. The summed E-state index contributed by atoms with van der Waals surface area (Å²) in [6.45, 7) is 11.3. The fourth-order valence-electron chi connectivity index (χ4n) is 2.21. The predicted molar refractivity (Wildman–Crippen MR) is 112 cm³/mol. The van der Waals surface area contributed by atoms with Crippen molar-refractivity contribution in [2.75, 3.05) is 0 Å². The van der Waals surface area contributed by atoms with Crippen molar-refractivity contribution in [1.29, 1.82) is 0 Å². The molecule has 0 aromatic heterocycles. The average molecular weight is 443 g/mol. The quantitative estimate of drug-likeness (QED) is 0.222. The first-order chi connectivity index (χ1) is 13.9. The second kappa shape index (κ2) is 10.7. The topological polar surface area (TPSA) is 189 Å². The van der Waals surface area contributed by atoms with Gasteiger partial charge < -0.3 is 32.3 Å². The molecule has 0 saturated heterocycles. The van der Waals surface area contributed by atoms with Gasteiger partial charge in [0.05, 0.1) is 0 Å². The minimum Gasteiger partial charge on any atom is -0.368 e. The summed E-state index contributed by atoms with van der Waals surface area (Å²) in [6.07, 6.45) is 0. The van der Waals surface area contributed by atoms with E-state index in [0.29, 0.717) is 0 Å². The molecular formula is C19H34N6O6. The van der Waals surface area contributed by atoms with E-state index in [-0.39, 0.29) is 0 Å². The molecule has 0 rings (SSSR count). The first-order valence-electron chi connectivity index (χ1n) is 9.73. The van der Waals surface area contributed by atoms with Crippen molar-refractivity contribution in [1.82, 2.24) is 26.6 Å². The third-order valence-corrected chi connectivity index (χ3v) is 4.34. The molecule has 12 nitrogen and oxygen atoms in total. The molecule has 6 amide bonds. The second-order valence-electron chi connectivity index (χ2n) is 8.44. The average Bonchev–Trinajstić information content (AvgIpc) is 2.59. The first-order valence-corrected chi connectivity index (χ1v) is 9.73. The molecule has 0 aromatic carbocycles. The molecule has 0 spiro atoms. The van der Waals surface area contributed by atoms with E-state index in [1.165, 1.54) is 55.4 Å². The fraction of sp³-hybridized carbons (Fsp3) is 0.684. The highest BCUT2D eigenvalue weighted by Gasteiger charge is 2.36. The SMILES string of the molecule is CC(=O)N[C@@H](C)C(=O)NC(C)(C)C(=O)N[C@@H](C)C(=O)NC(C)(C)C(=O)N[C@@H](C)C(N)=O. The van der Waals surface area contributed by atoms with Crippen molar-refractivity contribution < 1.29 is 28.8 Å². The van der Waals surface area contributed by atoms with Crippen LogP contribution >= 0.6 is 0 Å². The van der Waals surface area contributed by atoms with Crippen LogP contribution in [-0.4, -0.2) is 64.6 Å². The van der Waals surface area contributed by atoms with E-state index < -0.39 is 64.6 Å². The van der Waals surface area contributed by atoms with Gasteiger partial charge in [-0.05, 0) is 48.5 Å². The van der Waals surface area contributed by atoms with Gasteiger partial charge in [0.2, 0.25) is 35.4 Å². The van der Waals surface area contributed by atoms with Crippen LogP contribution < -0.4 is 32.3 Å². The largest absolute Gasteiger partial charge is 0.368 e. The number of amides is 6. The van der Waals surface area contributed by atoms with Gasteiger partial charge >= 0.3 is 0 Å². The number of hydrogen-bond donors (Lipinski definition) is 6. The molecule has 12 heteroatoms. The Morgan fingerprint density at radius 1 is 0.645 bits per heavy atom. The van der Waals surface area contributed by atoms with Gasteiger partial charge in [0, 0.05) is 6.92 Å². The zero-order valence-electron chi connectivity index (χ0n) is 19.3. The van der Waals surface area contributed by atoms with Gasteiger partial charge in [-0.25, -0.2) is 0 Å². The molecule has 0 unspecified atom stereocenters. The molecule has 0 aromatic rings. The first kappa shape index (κ1) is 27.8. The van der Waals surface area contributed by atoms with E-state index in [2.05, 4.69) is 26.6 Å². The van der Waals surface area contributed by atoms with Crippen molar-refractivity contribution in [3.63, 3.8) is 0 Å². The van der Waals surface area contributed by atoms with Crippen LogP contribution in [0.15, 0.2) is 0 Å². The standard InChI is InChI=1S/C19H34N6O6/c1-9(13(20)27)22-16(30)18(5,6)25-15(29)11(3)23-17(31)19(7,8)24-14(28)10(2)21-12(4)26/h9-11H,1-8H3,(H2,20,27)(H,21,26)(H,22,30)(H,23,31)(H,24,28)(H,25,29)/t9-,10-,11-/m0/s1. The van der Waals surface area contributed by atoms with E-state index in [0.717, 1.165) is 0 Å². The number of primary amides is 1. The summed E-state index contributed by atoms with van der Waals surface area (Å²) in [5, 5.41) is 12.2. The fourth-order valence-corrected chi connectivity index (χ4v) is 2.21. The van der Waals surface area contributed by atoms with Crippen molar-refractivity contribution >= 4 is 35.4 Å². The lowest BCUT2D eigenvalue weighted by atomic mass is 10.0. The third-order valence-electron chi connectivity index (χ3n) is 4.34. The van der Waals surface area contributed by atoms with Crippen LogP contribution in [-0.2, 0) is 28.8 Å². The highest BCUT2D eigenvalue weighted by atomic mass is 16.2. The van der Waals surface area contributed by atoms with Crippen LogP contribution in [0.5, 0.6) is 0 Å². The molecule has 0 aliphatic carbocycles. The van der Waals surface area contributed by atoms with Gasteiger partial charge in [-0.3, -0.25) is 28.8 Å². The van der Waals surface area contributed by atoms with E-state index in [1.807, 2.05) is 0 Å².